The van der Waals surface area contributed by atoms with Crippen LogP contribution in [0.5, 0.6) is 5.88 Å². The lowest BCUT2D eigenvalue weighted by molar-refractivity contribution is -0.116. The SMILES string of the molecule is COc1cc(NC(=O)CN(C)Sc2cc(C)cc3cc(C#N)[nH]c23)ccn1. The molecule has 0 bridgehead atoms. The Labute approximate surface area is 161 Å². The quantitative estimate of drug-likeness (QED) is 0.636. The number of pyridine rings is 1. The van der Waals surface area contributed by atoms with Gasteiger partial charge in [0.1, 0.15) is 11.8 Å². The topological polar surface area (TPSA) is 94.0 Å². The van der Waals surface area contributed by atoms with Crippen LogP contribution in [0.3, 0.4) is 0 Å². The summed E-state index contributed by atoms with van der Waals surface area (Å²) in [7, 11) is 3.37. The summed E-state index contributed by atoms with van der Waals surface area (Å²) in [4.78, 5) is 20.4. The maximum Gasteiger partial charge on any atom is 0.239 e. The summed E-state index contributed by atoms with van der Waals surface area (Å²) in [5, 5.41) is 12.9. The predicted molar refractivity (Wildman–Crippen MR) is 106 cm³/mol. The molecule has 0 fully saturated rings. The number of nitrogens with zero attached hydrogens (tertiary/aromatic N) is 3. The van der Waals surface area contributed by atoms with Crippen molar-refractivity contribution < 1.29 is 9.53 Å². The Morgan fingerprint density at radius 3 is 2.96 bits per heavy atom. The Kier molecular flexibility index (Phi) is 5.64. The highest BCUT2D eigenvalue weighted by atomic mass is 32.2. The Balaban J connectivity index is 1.69. The van der Waals surface area contributed by atoms with E-state index in [0.717, 1.165) is 21.4 Å². The van der Waals surface area contributed by atoms with Crippen molar-refractivity contribution in [3.63, 3.8) is 0 Å². The first-order chi connectivity index (χ1) is 13.0. The molecule has 0 saturated heterocycles. The van der Waals surface area contributed by atoms with Crippen LogP contribution in [0.25, 0.3) is 10.9 Å². The number of anilines is 1. The molecule has 0 unspecified atom stereocenters. The average molecular weight is 381 g/mol. The van der Waals surface area contributed by atoms with Gasteiger partial charge in [0.15, 0.2) is 0 Å². The summed E-state index contributed by atoms with van der Waals surface area (Å²) in [6.07, 6.45) is 1.58. The van der Waals surface area contributed by atoms with Gasteiger partial charge in [-0.3, -0.25) is 4.79 Å². The number of methoxy groups -OCH3 is 1. The van der Waals surface area contributed by atoms with Gasteiger partial charge < -0.3 is 15.0 Å². The van der Waals surface area contributed by atoms with Gasteiger partial charge in [-0.1, -0.05) is 0 Å². The van der Waals surface area contributed by atoms with Crippen molar-refractivity contribution in [1.82, 2.24) is 14.3 Å². The lowest BCUT2D eigenvalue weighted by atomic mass is 10.2. The molecule has 0 aliphatic rings. The van der Waals surface area contributed by atoms with Crippen molar-refractivity contribution in [2.75, 3.05) is 26.0 Å². The van der Waals surface area contributed by atoms with E-state index >= 15 is 0 Å². The molecule has 0 aliphatic heterocycles. The molecule has 1 aromatic carbocycles. The summed E-state index contributed by atoms with van der Waals surface area (Å²) < 4.78 is 6.90. The number of ether oxygens (including phenoxy) is 1. The zero-order valence-electron chi connectivity index (χ0n) is 15.2. The van der Waals surface area contributed by atoms with Crippen LogP contribution in [-0.2, 0) is 4.79 Å². The third kappa shape index (κ3) is 4.58. The van der Waals surface area contributed by atoms with Crippen molar-refractivity contribution in [3.8, 4) is 11.9 Å². The van der Waals surface area contributed by atoms with E-state index in [2.05, 4.69) is 21.4 Å². The number of nitrogens with one attached hydrogen (secondary N) is 2. The van der Waals surface area contributed by atoms with E-state index in [4.69, 9.17) is 10.00 Å². The molecule has 27 heavy (non-hydrogen) atoms. The molecule has 0 atom stereocenters. The smallest absolute Gasteiger partial charge is 0.239 e. The third-order valence-electron chi connectivity index (χ3n) is 3.81. The first kappa shape index (κ1) is 18.8. The number of aromatic nitrogens is 2. The van der Waals surface area contributed by atoms with Crippen LogP contribution in [-0.4, -0.2) is 40.9 Å². The van der Waals surface area contributed by atoms with Gasteiger partial charge in [0.25, 0.3) is 0 Å². The number of amides is 1. The van der Waals surface area contributed by atoms with Gasteiger partial charge in [0.05, 0.1) is 19.2 Å². The normalized spacial score (nSPS) is 10.8. The monoisotopic (exact) mass is 381 g/mol. The number of likely N-dealkylation sites (N-methyl/N-ethyl adjacent to an activating group) is 1. The number of nitriles is 1. The van der Waals surface area contributed by atoms with E-state index < -0.39 is 0 Å². The minimum atomic E-state index is -0.147. The summed E-state index contributed by atoms with van der Waals surface area (Å²) in [5.74, 6) is 0.295. The Hall–Kier alpha value is -3.02. The van der Waals surface area contributed by atoms with E-state index in [-0.39, 0.29) is 12.5 Å². The highest BCUT2D eigenvalue weighted by molar-refractivity contribution is 7.97. The number of carbonyl (C=O) groups is 1. The van der Waals surface area contributed by atoms with Gasteiger partial charge in [0, 0.05) is 28.2 Å². The molecule has 7 nitrogen and oxygen atoms in total. The largest absolute Gasteiger partial charge is 0.481 e. The zero-order valence-corrected chi connectivity index (χ0v) is 16.1. The summed E-state index contributed by atoms with van der Waals surface area (Å²) in [6, 6.07) is 11.4. The fourth-order valence-corrected chi connectivity index (χ4v) is 3.70. The highest BCUT2D eigenvalue weighted by Gasteiger charge is 2.13. The number of benzene rings is 1. The van der Waals surface area contributed by atoms with Crippen molar-refractivity contribution >= 4 is 34.4 Å². The predicted octanol–water partition coefficient (Wildman–Crippen LogP) is 3.33. The average Bonchev–Trinajstić information content (AvgIpc) is 3.04. The summed E-state index contributed by atoms with van der Waals surface area (Å²) in [6.45, 7) is 2.20. The van der Waals surface area contributed by atoms with Gasteiger partial charge in [-0.2, -0.15) is 5.26 Å². The van der Waals surface area contributed by atoms with Gasteiger partial charge in [-0.15, -0.1) is 0 Å². The number of fused-ring (bicyclic) bond motifs is 1. The van der Waals surface area contributed by atoms with Crippen LogP contribution in [0.4, 0.5) is 5.69 Å². The second kappa shape index (κ2) is 8.12. The standard InChI is InChI=1S/C19H19N5O2S/c1-12-6-13-8-15(10-20)23-19(13)16(7-12)27-24(2)11-17(25)22-14-4-5-21-18(9-14)26-3/h4-9,23H,11H2,1-3H3,(H,21,22,25). The molecule has 0 saturated carbocycles. The highest BCUT2D eigenvalue weighted by Crippen LogP contribution is 2.31. The van der Waals surface area contributed by atoms with Gasteiger partial charge in [0.2, 0.25) is 11.8 Å². The second-order valence-corrected chi connectivity index (χ2v) is 7.28. The number of hydrogen-bond donors (Lipinski definition) is 2. The van der Waals surface area contributed by atoms with Crippen LogP contribution in [0.2, 0.25) is 0 Å². The molecular formula is C19H19N5O2S. The Bertz CT molecular complexity index is 1020. The fourth-order valence-electron chi connectivity index (χ4n) is 2.69. The minimum absolute atomic E-state index is 0.147. The Morgan fingerprint density at radius 2 is 2.22 bits per heavy atom. The number of carbonyl (C=O) groups excluding carboxylic acids is 1. The molecule has 2 N–H and O–H groups in total. The van der Waals surface area contributed by atoms with Crippen LogP contribution in [0.1, 0.15) is 11.3 Å². The molecule has 0 aliphatic carbocycles. The fraction of sp³-hybridized carbons (Fsp3) is 0.211. The molecule has 0 spiro atoms. The van der Waals surface area contributed by atoms with Crippen molar-refractivity contribution in [2.24, 2.45) is 0 Å². The lowest BCUT2D eigenvalue weighted by Gasteiger charge is -2.16. The van der Waals surface area contributed by atoms with Crippen LogP contribution in [0.15, 0.2) is 41.4 Å². The first-order valence-corrected chi connectivity index (χ1v) is 8.98. The number of aryl methyl sites for hydroxylation is 1. The Morgan fingerprint density at radius 1 is 1.41 bits per heavy atom. The maximum absolute atomic E-state index is 12.3. The third-order valence-corrected chi connectivity index (χ3v) is 4.76. The molecule has 2 heterocycles. The van der Waals surface area contributed by atoms with E-state index in [1.165, 1.54) is 19.1 Å². The molecule has 138 valence electrons. The summed E-state index contributed by atoms with van der Waals surface area (Å²) >= 11 is 1.45. The van der Waals surface area contributed by atoms with Crippen LogP contribution >= 0.6 is 11.9 Å². The number of rotatable bonds is 6. The van der Waals surface area contributed by atoms with Crippen LogP contribution < -0.4 is 10.1 Å². The maximum atomic E-state index is 12.3. The van der Waals surface area contributed by atoms with E-state index in [1.807, 2.05) is 36.5 Å². The molecule has 2 aromatic heterocycles. The van der Waals surface area contributed by atoms with Gasteiger partial charge in [-0.25, -0.2) is 9.29 Å². The zero-order chi connectivity index (χ0) is 19.4. The number of hydrogen-bond acceptors (Lipinski definition) is 6. The molecule has 0 radical (unpaired) electrons. The minimum Gasteiger partial charge on any atom is -0.481 e. The molecule has 3 rings (SSSR count). The molecular weight excluding hydrogens is 362 g/mol. The first-order valence-electron chi connectivity index (χ1n) is 8.21. The summed E-state index contributed by atoms with van der Waals surface area (Å²) in [5.41, 5.74) is 3.14. The van der Waals surface area contributed by atoms with Crippen molar-refractivity contribution in [3.05, 3.63) is 47.8 Å². The van der Waals surface area contributed by atoms with E-state index in [9.17, 15) is 4.79 Å². The second-order valence-electron chi connectivity index (χ2n) is 6.03. The molecule has 3 aromatic rings. The van der Waals surface area contributed by atoms with Crippen molar-refractivity contribution in [1.29, 1.82) is 5.26 Å². The van der Waals surface area contributed by atoms with E-state index in [1.54, 1.807) is 18.3 Å². The van der Waals surface area contributed by atoms with E-state index in [0.29, 0.717) is 17.3 Å². The number of H-pyrrole nitrogens is 1. The molecule has 1 amide bonds. The van der Waals surface area contributed by atoms with Gasteiger partial charge in [-0.05, 0) is 55.7 Å². The number of aromatic amines is 1. The van der Waals surface area contributed by atoms with Crippen molar-refractivity contribution in [2.45, 2.75) is 11.8 Å². The van der Waals surface area contributed by atoms with Crippen LogP contribution in [0, 0.1) is 18.3 Å². The lowest BCUT2D eigenvalue weighted by Crippen LogP contribution is -2.25. The van der Waals surface area contributed by atoms with Gasteiger partial charge >= 0.3 is 0 Å². The molecule has 8 heteroatoms.